The highest BCUT2D eigenvalue weighted by molar-refractivity contribution is 5.51. The van der Waals surface area contributed by atoms with Crippen molar-refractivity contribution in [3.8, 4) is 23.3 Å². The van der Waals surface area contributed by atoms with Gasteiger partial charge in [0.15, 0.2) is 6.10 Å². The van der Waals surface area contributed by atoms with Crippen molar-refractivity contribution in [2.45, 2.75) is 13.0 Å². The van der Waals surface area contributed by atoms with E-state index in [4.69, 9.17) is 14.4 Å². The highest BCUT2D eigenvalue weighted by Gasteiger charge is 2.16. The Bertz CT molecular complexity index is 806. The molecular formula is C17H13N3O2. The molecule has 0 aliphatic rings. The fourth-order valence-corrected chi connectivity index (χ4v) is 1.99. The summed E-state index contributed by atoms with van der Waals surface area (Å²) in [6.45, 7) is 1.82. The van der Waals surface area contributed by atoms with Crippen molar-refractivity contribution >= 4 is 0 Å². The standard InChI is InChI=1S/C17H13N3O2/c1-12(21-15-9-5-6-13(10-15)11-18)16-19-20-17(22-16)14-7-3-2-4-8-14/h2-10,12H,1H3. The second kappa shape index (κ2) is 6.10. The molecule has 5 heteroatoms. The van der Waals surface area contributed by atoms with Crippen LogP contribution in [-0.2, 0) is 0 Å². The maximum atomic E-state index is 8.90. The number of hydrogen-bond donors (Lipinski definition) is 0. The van der Waals surface area contributed by atoms with Crippen molar-refractivity contribution in [1.82, 2.24) is 10.2 Å². The number of nitrogens with zero attached hydrogens (tertiary/aromatic N) is 3. The zero-order valence-corrected chi connectivity index (χ0v) is 11.9. The lowest BCUT2D eigenvalue weighted by atomic mass is 10.2. The lowest BCUT2D eigenvalue weighted by molar-refractivity contribution is 0.189. The summed E-state index contributed by atoms with van der Waals surface area (Å²) >= 11 is 0. The summed E-state index contributed by atoms with van der Waals surface area (Å²) in [5.41, 5.74) is 1.40. The van der Waals surface area contributed by atoms with Gasteiger partial charge in [-0.05, 0) is 37.3 Å². The van der Waals surface area contributed by atoms with Crippen LogP contribution in [0.15, 0.2) is 59.0 Å². The van der Waals surface area contributed by atoms with Crippen molar-refractivity contribution in [2.75, 3.05) is 0 Å². The number of rotatable bonds is 4. The third-order valence-electron chi connectivity index (χ3n) is 3.09. The molecule has 1 atom stereocenters. The van der Waals surface area contributed by atoms with E-state index in [1.165, 1.54) is 0 Å². The van der Waals surface area contributed by atoms with Crippen LogP contribution in [0.4, 0.5) is 0 Å². The second-order valence-electron chi connectivity index (χ2n) is 4.71. The van der Waals surface area contributed by atoms with E-state index in [-0.39, 0.29) is 0 Å². The Morgan fingerprint density at radius 2 is 1.91 bits per heavy atom. The maximum Gasteiger partial charge on any atom is 0.257 e. The average molecular weight is 291 g/mol. The lowest BCUT2D eigenvalue weighted by Gasteiger charge is -2.10. The summed E-state index contributed by atoms with van der Waals surface area (Å²) < 4.78 is 11.4. The molecule has 22 heavy (non-hydrogen) atoms. The van der Waals surface area contributed by atoms with E-state index in [2.05, 4.69) is 16.3 Å². The van der Waals surface area contributed by atoms with Crippen LogP contribution >= 0.6 is 0 Å². The van der Waals surface area contributed by atoms with Crippen molar-refractivity contribution in [3.05, 3.63) is 66.1 Å². The van der Waals surface area contributed by atoms with E-state index in [0.29, 0.717) is 23.1 Å². The van der Waals surface area contributed by atoms with Gasteiger partial charge in [-0.15, -0.1) is 10.2 Å². The van der Waals surface area contributed by atoms with Gasteiger partial charge in [0, 0.05) is 5.56 Å². The highest BCUT2D eigenvalue weighted by Crippen LogP contribution is 2.24. The molecule has 5 nitrogen and oxygen atoms in total. The fraction of sp³-hybridized carbons (Fsp3) is 0.118. The summed E-state index contributed by atoms with van der Waals surface area (Å²) in [6, 6.07) is 18.6. The summed E-state index contributed by atoms with van der Waals surface area (Å²) in [7, 11) is 0. The fourth-order valence-electron chi connectivity index (χ4n) is 1.99. The largest absolute Gasteiger partial charge is 0.481 e. The smallest absolute Gasteiger partial charge is 0.257 e. The van der Waals surface area contributed by atoms with Gasteiger partial charge in [0.2, 0.25) is 5.89 Å². The van der Waals surface area contributed by atoms with E-state index in [1.807, 2.05) is 37.3 Å². The van der Waals surface area contributed by atoms with Crippen molar-refractivity contribution in [2.24, 2.45) is 0 Å². The van der Waals surface area contributed by atoms with E-state index in [0.717, 1.165) is 5.56 Å². The Morgan fingerprint density at radius 1 is 1.09 bits per heavy atom. The van der Waals surface area contributed by atoms with Crippen molar-refractivity contribution in [3.63, 3.8) is 0 Å². The van der Waals surface area contributed by atoms with E-state index < -0.39 is 6.10 Å². The molecular weight excluding hydrogens is 278 g/mol. The minimum atomic E-state index is -0.404. The Labute approximate surface area is 127 Å². The van der Waals surface area contributed by atoms with Crippen LogP contribution in [-0.4, -0.2) is 10.2 Å². The van der Waals surface area contributed by atoms with Crippen LogP contribution in [0.2, 0.25) is 0 Å². The highest BCUT2D eigenvalue weighted by atomic mass is 16.5. The molecule has 3 rings (SSSR count). The van der Waals surface area contributed by atoms with E-state index >= 15 is 0 Å². The number of hydrogen-bond acceptors (Lipinski definition) is 5. The van der Waals surface area contributed by atoms with Crippen LogP contribution in [0, 0.1) is 11.3 Å². The van der Waals surface area contributed by atoms with Gasteiger partial charge < -0.3 is 9.15 Å². The van der Waals surface area contributed by atoms with Crippen LogP contribution in [0.3, 0.4) is 0 Å². The Kier molecular flexibility index (Phi) is 3.84. The zero-order chi connectivity index (χ0) is 15.4. The van der Waals surface area contributed by atoms with Crippen molar-refractivity contribution < 1.29 is 9.15 Å². The number of nitriles is 1. The Balaban J connectivity index is 1.77. The first-order chi connectivity index (χ1) is 10.8. The minimum Gasteiger partial charge on any atom is -0.481 e. The first-order valence-corrected chi connectivity index (χ1v) is 6.82. The topological polar surface area (TPSA) is 71.9 Å². The van der Waals surface area contributed by atoms with Gasteiger partial charge in [-0.3, -0.25) is 0 Å². The molecule has 0 aliphatic carbocycles. The molecule has 3 aromatic rings. The zero-order valence-electron chi connectivity index (χ0n) is 11.9. The first kappa shape index (κ1) is 13.8. The summed E-state index contributed by atoms with van der Waals surface area (Å²) in [4.78, 5) is 0. The summed E-state index contributed by atoms with van der Waals surface area (Å²) in [5, 5.41) is 17.0. The molecule has 1 heterocycles. The van der Waals surface area contributed by atoms with Gasteiger partial charge in [0.05, 0.1) is 11.6 Å². The third-order valence-corrected chi connectivity index (χ3v) is 3.09. The molecule has 0 bridgehead atoms. The van der Waals surface area contributed by atoms with Crippen LogP contribution in [0.25, 0.3) is 11.5 Å². The molecule has 1 aromatic heterocycles. The second-order valence-corrected chi connectivity index (χ2v) is 4.71. The molecule has 0 aliphatic heterocycles. The van der Waals surface area contributed by atoms with Gasteiger partial charge in [0.1, 0.15) is 5.75 Å². The average Bonchev–Trinajstić information content (AvgIpc) is 3.06. The maximum absolute atomic E-state index is 8.90. The molecule has 0 amide bonds. The summed E-state index contributed by atoms with van der Waals surface area (Å²) in [6.07, 6.45) is -0.404. The monoisotopic (exact) mass is 291 g/mol. The molecule has 0 spiro atoms. The Morgan fingerprint density at radius 3 is 2.68 bits per heavy atom. The van der Waals surface area contributed by atoms with Gasteiger partial charge in [0.25, 0.3) is 5.89 Å². The quantitative estimate of drug-likeness (QED) is 0.732. The third kappa shape index (κ3) is 2.96. The van der Waals surface area contributed by atoms with Crippen LogP contribution in [0.1, 0.15) is 24.5 Å². The van der Waals surface area contributed by atoms with Crippen LogP contribution in [0.5, 0.6) is 5.75 Å². The number of aromatic nitrogens is 2. The SMILES string of the molecule is CC(Oc1cccc(C#N)c1)c1nnc(-c2ccccc2)o1. The van der Waals surface area contributed by atoms with Gasteiger partial charge in [-0.1, -0.05) is 24.3 Å². The predicted molar refractivity (Wildman–Crippen MR) is 79.9 cm³/mol. The molecule has 2 aromatic carbocycles. The van der Waals surface area contributed by atoms with E-state index in [1.54, 1.807) is 24.3 Å². The van der Waals surface area contributed by atoms with E-state index in [9.17, 15) is 0 Å². The normalized spacial score (nSPS) is 11.6. The molecule has 0 radical (unpaired) electrons. The van der Waals surface area contributed by atoms with Gasteiger partial charge >= 0.3 is 0 Å². The number of ether oxygens (including phenoxy) is 1. The molecule has 108 valence electrons. The predicted octanol–water partition coefficient (Wildman–Crippen LogP) is 3.75. The minimum absolute atomic E-state index is 0.390. The number of benzene rings is 2. The molecule has 0 saturated heterocycles. The molecule has 0 N–H and O–H groups in total. The van der Waals surface area contributed by atoms with Crippen molar-refractivity contribution in [1.29, 1.82) is 5.26 Å². The van der Waals surface area contributed by atoms with Crippen LogP contribution < -0.4 is 4.74 Å². The van der Waals surface area contributed by atoms with Gasteiger partial charge in [-0.2, -0.15) is 5.26 Å². The Hall–Kier alpha value is -3.13. The molecule has 0 fully saturated rings. The lowest BCUT2D eigenvalue weighted by Crippen LogP contribution is -2.03. The molecule has 1 unspecified atom stereocenters. The first-order valence-electron chi connectivity index (χ1n) is 6.82. The summed E-state index contributed by atoms with van der Waals surface area (Å²) in [5.74, 6) is 1.43. The molecule has 0 saturated carbocycles. The van der Waals surface area contributed by atoms with Gasteiger partial charge in [-0.25, -0.2) is 0 Å².